The zero-order valence-corrected chi connectivity index (χ0v) is 14.0. The van der Waals surface area contributed by atoms with Gasteiger partial charge in [-0.15, -0.1) is 0 Å². The molecule has 1 amide bonds. The second kappa shape index (κ2) is 7.10. The maximum atomic E-state index is 12.7. The average Bonchev–Trinajstić information content (AvgIpc) is 3.09. The standard InChI is InChI=1S/C15H16N2O5S/c1-17(15-16-8-12(23-15)14(19)22-4)13(18)10-7-9(20-2)5-6-11(10)21-3/h5-8H,1-4H3. The smallest absolute Gasteiger partial charge is 0.349 e. The molecule has 1 heterocycles. The first kappa shape index (κ1) is 16.8. The SMILES string of the molecule is COC(=O)c1cnc(N(C)C(=O)c2cc(OC)ccc2OC)s1. The Balaban J connectivity index is 2.32. The highest BCUT2D eigenvalue weighted by Gasteiger charge is 2.22. The number of carbonyl (C=O) groups excluding carboxylic acids is 2. The van der Waals surface area contributed by atoms with E-state index in [1.54, 1.807) is 25.2 Å². The Labute approximate surface area is 137 Å². The minimum atomic E-state index is -0.492. The van der Waals surface area contributed by atoms with Crippen LogP contribution in [0, 0.1) is 0 Å². The van der Waals surface area contributed by atoms with Crippen LogP contribution in [0.3, 0.4) is 0 Å². The molecule has 0 spiro atoms. The minimum Gasteiger partial charge on any atom is -0.497 e. The number of ether oxygens (including phenoxy) is 3. The number of methoxy groups -OCH3 is 3. The van der Waals surface area contributed by atoms with Crippen LogP contribution in [0.15, 0.2) is 24.4 Å². The summed E-state index contributed by atoms with van der Waals surface area (Å²) in [7, 11) is 5.86. The fraction of sp³-hybridized carbons (Fsp3) is 0.267. The summed E-state index contributed by atoms with van der Waals surface area (Å²) in [6.45, 7) is 0. The lowest BCUT2D eigenvalue weighted by molar-refractivity contribution is 0.0606. The third kappa shape index (κ3) is 3.42. The quantitative estimate of drug-likeness (QED) is 0.779. The summed E-state index contributed by atoms with van der Waals surface area (Å²) >= 11 is 1.07. The van der Waals surface area contributed by atoms with Crippen molar-refractivity contribution in [3.63, 3.8) is 0 Å². The van der Waals surface area contributed by atoms with Gasteiger partial charge < -0.3 is 14.2 Å². The van der Waals surface area contributed by atoms with E-state index in [0.717, 1.165) is 11.3 Å². The molecule has 0 aliphatic carbocycles. The normalized spacial score (nSPS) is 10.1. The van der Waals surface area contributed by atoms with Crippen LogP contribution >= 0.6 is 11.3 Å². The molecule has 1 aromatic heterocycles. The van der Waals surface area contributed by atoms with Crippen molar-refractivity contribution in [2.45, 2.75) is 0 Å². The van der Waals surface area contributed by atoms with Gasteiger partial charge in [0.25, 0.3) is 5.91 Å². The molecule has 7 nitrogen and oxygen atoms in total. The molecule has 0 N–H and O–H groups in total. The topological polar surface area (TPSA) is 78.0 Å². The maximum absolute atomic E-state index is 12.7. The molecule has 0 saturated heterocycles. The Hall–Kier alpha value is -2.61. The van der Waals surface area contributed by atoms with E-state index in [-0.39, 0.29) is 5.91 Å². The number of esters is 1. The van der Waals surface area contributed by atoms with Crippen LogP contribution < -0.4 is 14.4 Å². The van der Waals surface area contributed by atoms with Crippen molar-refractivity contribution in [1.29, 1.82) is 0 Å². The lowest BCUT2D eigenvalue weighted by Gasteiger charge is -2.16. The van der Waals surface area contributed by atoms with Crippen molar-refractivity contribution < 1.29 is 23.8 Å². The van der Waals surface area contributed by atoms with E-state index in [0.29, 0.717) is 27.1 Å². The predicted molar refractivity (Wildman–Crippen MR) is 85.7 cm³/mol. The van der Waals surface area contributed by atoms with Crippen LogP contribution in [-0.4, -0.2) is 45.2 Å². The van der Waals surface area contributed by atoms with E-state index in [1.165, 1.54) is 32.4 Å². The van der Waals surface area contributed by atoms with Crippen LogP contribution in [0.5, 0.6) is 11.5 Å². The molecule has 0 bridgehead atoms. The number of hydrogen-bond acceptors (Lipinski definition) is 7. The molecule has 2 aromatic rings. The van der Waals surface area contributed by atoms with Crippen LogP contribution in [0.4, 0.5) is 5.13 Å². The van der Waals surface area contributed by atoms with Gasteiger partial charge in [-0.25, -0.2) is 9.78 Å². The Morgan fingerprint density at radius 1 is 1.17 bits per heavy atom. The van der Waals surface area contributed by atoms with E-state index in [1.807, 2.05) is 0 Å². The summed E-state index contributed by atoms with van der Waals surface area (Å²) in [5.74, 6) is 0.143. The lowest BCUT2D eigenvalue weighted by atomic mass is 10.1. The van der Waals surface area contributed by atoms with Crippen molar-refractivity contribution in [2.75, 3.05) is 33.3 Å². The molecule has 0 aliphatic heterocycles. The molecule has 8 heteroatoms. The summed E-state index contributed by atoms with van der Waals surface area (Å²) in [5, 5.41) is 0.375. The van der Waals surface area contributed by atoms with Gasteiger partial charge >= 0.3 is 5.97 Å². The van der Waals surface area contributed by atoms with Gasteiger partial charge in [-0.2, -0.15) is 0 Å². The number of anilines is 1. The molecule has 1 aromatic carbocycles. The average molecular weight is 336 g/mol. The van der Waals surface area contributed by atoms with Gasteiger partial charge in [0.15, 0.2) is 5.13 Å². The van der Waals surface area contributed by atoms with Crippen molar-refractivity contribution >= 4 is 28.3 Å². The highest BCUT2D eigenvalue weighted by molar-refractivity contribution is 7.17. The highest BCUT2D eigenvalue weighted by atomic mass is 32.1. The zero-order chi connectivity index (χ0) is 17.0. The molecule has 0 saturated carbocycles. The van der Waals surface area contributed by atoms with Gasteiger partial charge in [0.05, 0.1) is 33.1 Å². The zero-order valence-electron chi connectivity index (χ0n) is 13.2. The van der Waals surface area contributed by atoms with E-state index in [2.05, 4.69) is 9.72 Å². The monoisotopic (exact) mass is 336 g/mol. The number of rotatable bonds is 5. The molecule has 0 radical (unpaired) electrons. The molecule has 0 unspecified atom stereocenters. The third-order valence-corrected chi connectivity index (χ3v) is 4.16. The van der Waals surface area contributed by atoms with E-state index in [4.69, 9.17) is 9.47 Å². The number of hydrogen-bond donors (Lipinski definition) is 0. The Kier molecular flexibility index (Phi) is 5.17. The summed E-state index contributed by atoms with van der Waals surface area (Å²) in [4.78, 5) is 29.9. The van der Waals surface area contributed by atoms with Crippen molar-refractivity contribution in [2.24, 2.45) is 0 Å². The van der Waals surface area contributed by atoms with Gasteiger partial charge in [-0.1, -0.05) is 11.3 Å². The van der Waals surface area contributed by atoms with Gasteiger partial charge in [0, 0.05) is 7.05 Å². The molecule has 0 atom stereocenters. The van der Waals surface area contributed by atoms with Gasteiger partial charge in [0.2, 0.25) is 0 Å². The van der Waals surface area contributed by atoms with Crippen molar-refractivity contribution in [3.8, 4) is 11.5 Å². The molecule has 2 rings (SSSR count). The number of amides is 1. The first-order valence-electron chi connectivity index (χ1n) is 6.56. The van der Waals surface area contributed by atoms with Crippen LogP contribution in [0.1, 0.15) is 20.0 Å². The van der Waals surface area contributed by atoms with Crippen molar-refractivity contribution in [3.05, 3.63) is 34.8 Å². The van der Waals surface area contributed by atoms with E-state index in [9.17, 15) is 9.59 Å². The number of carbonyl (C=O) groups is 2. The molecule has 122 valence electrons. The fourth-order valence-corrected chi connectivity index (χ4v) is 2.66. The molecular weight excluding hydrogens is 320 g/mol. The van der Waals surface area contributed by atoms with Gasteiger partial charge in [-0.3, -0.25) is 9.69 Å². The number of thiazole rings is 1. The first-order chi connectivity index (χ1) is 11.0. The van der Waals surface area contributed by atoms with Crippen LogP contribution in [0.2, 0.25) is 0 Å². The lowest BCUT2D eigenvalue weighted by Crippen LogP contribution is -2.26. The predicted octanol–water partition coefficient (Wildman–Crippen LogP) is 2.22. The summed E-state index contributed by atoms with van der Waals surface area (Å²) < 4.78 is 15.0. The minimum absolute atomic E-state index is 0.319. The second-order valence-electron chi connectivity index (χ2n) is 4.43. The molecule has 23 heavy (non-hydrogen) atoms. The number of aromatic nitrogens is 1. The maximum Gasteiger partial charge on any atom is 0.349 e. The summed E-state index contributed by atoms with van der Waals surface area (Å²) in [6, 6.07) is 4.95. The van der Waals surface area contributed by atoms with E-state index >= 15 is 0 Å². The number of nitrogens with zero attached hydrogens (tertiary/aromatic N) is 2. The highest BCUT2D eigenvalue weighted by Crippen LogP contribution is 2.28. The van der Waals surface area contributed by atoms with Crippen LogP contribution in [-0.2, 0) is 4.74 Å². The van der Waals surface area contributed by atoms with E-state index < -0.39 is 5.97 Å². The first-order valence-corrected chi connectivity index (χ1v) is 7.37. The second-order valence-corrected chi connectivity index (χ2v) is 5.44. The molecular formula is C15H16N2O5S. The number of benzene rings is 1. The third-order valence-electron chi connectivity index (χ3n) is 3.11. The van der Waals surface area contributed by atoms with Crippen molar-refractivity contribution in [1.82, 2.24) is 4.98 Å². The summed E-state index contributed by atoms with van der Waals surface area (Å²) in [5.41, 5.74) is 0.337. The fourth-order valence-electron chi connectivity index (χ4n) is 1.86. The van der Waals surface area contributed by atoms with Crippen LogP contribution in [0.25, 0.3) is 0 Å². The Bertz CT molecular complexity index is 728. The Morgan fingerprint density at radius 3 is 2.52 bits per heavy atom. The van der Waals surface area contributed by atoms with Gasteiger partial charge in [0.1, 0.15) is 16.4 Å². The largest absolute Gasteiger partial charge is 0.497 e. The Morgan fingerprint density at radius 2 is 1.91 bits per heavy atom. The summed E-state index contributed by atoms with van der Waals surface area (Å²) in [6.07, 6.45) is 1.37. The molecule has 0 fully saturated rings. The van der Waals surface area contributed by atoms with Gasteiger partial charge in [-0.05, 0) is 18.2 Å². The molecule has 0 aliphatic rings.